The molecular weight excluding hydrogens is 216 g/mol. The van der Waals surface area contributed by atoms with E-state index >= 15 is 0 Å². The van der Waals surface area contributed by atoms with Gasteiger partial charge in [-0.15, -0.1) is 0 Å². The molecule has 1 aromatic rings. The van der Waals surface area contributed by atoms with Crippen molar-refractivity contribution in [2.45, 2.75) is 39.3 Å². The Kier molecular flexibility index (Phi) is 3.47. The highest BCUT2D eigenvalue weighted by Crippen LogP contribution is 2.22. The molecule has 0 spiro atoms. The van der Waals surface area contributed by atoms with Gasteiger partial charge in [0.1, 0.15) is 0 Å². The van der Waals surface area contributed by atoms with Crippen LogP contribution in [0.1, 0.15) is 36.3 Å². The summed E-state index contributed by atoms with van der Waals surface area (Å²) in [6, 6.07) is 0.145. The molecule has 5 nitrogen and oxygen atoms in total. The highest BCUT2D eigenvalue weighted by atomic mass is 16.1. The molecule has 0 fully saturated rings. The number of nitrogens with one attached hydrogen (secondary N) is 1. The highest BCUT2D eigenvalue weighted by Gasteiger charge is 2.24. The Morgan fingerprint density at radius 3 is 3.12 bits per heavy atom. The molecule has 1 atom stereocenters. The van der Waals surface area contributed by atoms with Gasteiger partial charge in [-0.25, -0.2) is 0 Å². The van der Waals surface area contributed by atoms with Gasteiger partial charge in [-0.2, -0.15) is 5.10 Å². The lowest BCUT2D eigenvalue weighted by atomic mass is 9.94. The lowest BCUT2D eigenvalue weighted by Crippen LogP contribution is -2.32. The standard InChI is InChI=1S/C12H20N4O/c1-8(2)15-12(17)10-7-14-16-4-3-9(6-13)5-11(10)16/h7-9H,3-6,13H2,1-2H3,(H,15,17). The van der Waals surface area contributed by atoms with E-state index in [0.717, 1.165) is 25.1 Å². The Morgan fingerprint density at radius 1 is 1.71 bits per heavy atom. The summed E-state index contributed by atoms with van der Waals surface area (Å²) in [5.41, 5.74) is 7.44. The minimum Gasteiger partial charge on any atom is -0.350 e. The first kappa shape index (κ1) is 12.1. The number of hydrogen-bond donors (Lipinski definition) is 2. The third-order valence-electron chi connectivity index (χ3n) is 3.18. The van der Waals surface area contributed by atoms with Gasteiger partial charge in [0.25, 0.3) is 5.91 Å². The smallest absolute Gasteiger partial charge is 0.254 e. The molecule has 1 amide bonds. The van der Waals surface area contributed by atoms with Gasteiger partial charge in [0.2, 0.25) is 0 Å². The van der Waals surface area contributed by atoms with E-state index < -0.39 is 0 Å². The van der Waals surface area contributed by atoms with E-state index in [1.165, 1.54) is 0 Å². The number of aryl methyl sites for hydroxylation is 1. The van der Waals surface area contributed by atoms with Crippen LogP contribution in [0, 0.1) is 5.92 Å². The zero-order valence-corrected chi connectivity index (χ0v) is 10.4. The second-order valence-electron chi connectivity index (χ2n) is 4.95. The molecule has 2 heterocycles. The summed E-state index contributed by atoms with van der Waals surface area (Å²) < 4.78 is 1.93. The molecule has 3 N–H and O–H groups in total. The SMILES string of the molecule is CC(C)NC(=O)c1cnn2c1CC(CN)CC2. The normalized spacial score (nSPS) is 19.2. The van der Waals surface area contributed by atoms with Crippen LogP contribution >= 0.6 is 0 Å². The first-order valence-corrected chi connectivity index (χ1v) is 6.17. The number of aromatic nitrogens is 2. The molecule has 0 radical (unpaired) electrons. The van der Waals surface area contributed by atoms with E-state index in [0.29, 0.717) is 18.0 Å². The number of nitrogens with zero attached hydrogens (tertiary/aromatic N) is 2. The third-order valence-corrected chi connectivity index (χ3v) is 3.18. The number of carbonyl (C=O) groups is 1. The van der Waals surface area contributed by atoms with Crippen LogP contribution in [0.4, 0.5) is 0 Å². The van der Waals surface area contributed by atoms with Crippen molar-refractivity contribution in [3.63, 3.8) is 0 Å². The number of carbonyl (C=O) groups excluding carboxylic acids is 1. The van der Waals surface area contributed by atoms with Crippen molar-refractivity contribution in [1.29, 1.82) is 0 Å². The molecule has 0 aliphatic carbocycles. The van der Waals surface area contributed by atoms with E-state index in [1.807, 2.05) is 18.5 Å². The number of nitrogens with two attached hydrogens (primary N) is 1. The molecule has 1 aromatic heterocycles. The van der Waals surface area contributed by atoms with E-state index in [4.69, 9.17) is 5.73 Å². The van der Waals surface area contributed by atoms with E-state index in [1.54, 1.807) is 6.20 Å². The Labute approximate surface area is 101 Å². The lowest BCUT2D eigenvalue weighted by molar-refractivity contribution is 0.0941. The summed E-state index contributed by atoms with van der Waals surface area (Å²) in [6.45, 7) is 5.45. The number of rotatable bonds is 3. The van der Waals surface area contributed by atoms with Gasteiger partial charge >= 0.3 is 0 Å². The summed E-state index contributed by atoms with van der Waals surface area (Å²) >= 11 is 0. The van der Waals surface area contributed by atoms with Crippen LogP contribution in [0.25, 0.3) is 0 Å². The highest BCUT2D eigenvalue weighted by molar-refractivity contribution is 5.95. The second kappa shape index (κ2) is 4.87. The van der Waals surface area contributed by atoms with Crippen LogP contribution in [0.3, 0.4) is 0 Å². The third kappa shape index (κ3) is 2.49. The molecule has 2 rings (SSSR count). The van der Waals surface area contributed by atoms with Crippen molar-refractivity contribution in [1.82, 2.24) is 15.1 Å². The molecule has 0 aromatic carbocycles. The van der Waals surface area contributed by atoms with Crippen molar-refractivity contribution in [2.75, 3.05) is 6.54 Å². The van der Waals surface area contributed by atoms with Gasteiger partial charge in [0.15, 0.2) is 0 Å². The fraction of sp³-hybridized carbons (Fsp3) is 0.667. The van der Waals surface area contributed by atoms with Gasteiger partial charge in [-0.1, -0.05) is 0 Å². The largest absolute Gasteiger partial charge is 0.350 e. The lowest BCUT2D eigenvalue weighted by Gasteiger charge is -2.22. The average molecular weight is 236 g/mol. The summed E-state index contributed by atoms with van der Waals surface area (Å²) in [4.78, 5) is 12.0. The first-order chi connectivity index (χ1) is 8.11. The average Bonchev–Trinajstić information content (AvgIpc) is 2.70. The van der Waals surface area contributed by atoms with Crippen molar-refractivity contribution in [2.24, 2.45) is 11.7 Å². The molecule has 94 valence electrons. The molecule has 5 heteroatoms. The number of hydrogen-bond acceptors (Lipinski definition) is 3. The van der Waals surface area contributed by atoms with Gasteiger partial charge in [0, 0.05) is 12.6 Å². The summed E-state index contributed by atoms with van der Waals surface area (Å²) in [5, 5.41) is 7.17. The minimum atomic E-state index is -0.0288. The zero-order valence-electron chi connectivity index (χ0n) is 10.4. The van der Waals surface area contributed by atoms with Crippen LogP contribution < -0.4 is 11.1 Å². The predicted molar refractivity (Wildman–Crippen MR) is 65.7 cm³/mol. The molecule has 0 bridgehead atoms. The van der Waals surface area contributed by atoms with Crippen LogP contribution in [-0.2, 0) is 13.0 Å². The topological polar surface area (TPSA) is 72.9 Å². The maximum atomic E-state index is 12.0. The maximum Gasteiger partial charge on any atom is 0.254 e. The Bertz CT molecular complexity index is 411. The van der Waals surface area contributed by atoms with Gasteiger partial charge in [-0.3, -0.25) is 9.48 Å². The first-order valence-electron chi connectivity index (χ1n) is 6.17. The minimum absolute atomic E-state index is 0.0288. The number of amides is 1. The van der Waals surface area contributed by atoms with Crippen molar-refractivity contribution in [3.05, 3.63) is 17.5 Å². The maximum absolute atomic E-state index is 12.0. The second-order valence-corrected chi connectivity index (χ2v) is 4.95. The molecule has 0 saturated carbocycles. The molecule has 17 heavy (non-hydrogen) atoms. The van der Waals surface area contributed by atoms with Crippen LogP contribution in [0.15, 0.2) is 6.20 Å². The molecule has 0 saturated heterocycles. The van der Waals surface area contributed by atoms with Crippen molar-refractivity contribution in [3.8, 4) is 0 Å². The van der Waals surface area contributed by atoms with Crippen LogP contribution in [0.5, 0.6) is 0 Å². The summed E-state index contributed by atoms with van der Waals surface area (Å²) in [7, 11) is 0. The van der Waals surface area contributed by atoms with E-state index in [2.05, 4.69) is 10.4 Å². The van der Waals surface area contributed by atoms with Gasteiger partial charge in [0.05, 0.1) is 17.5 Å². The molecular formula is C12H20N4O. The zero-order chi connectivity index (χ0) is 12.4. The fourth-order valence-electron chi connectivity index (χ4n) is 2.23. The van der Waals surface area contributed by atoms with Gasteiger partial charge in [-0.05, 0) is 39.2 Å². The van der Waals surface area contributed by atoms with E-state index in [9.17, 15) is 4.79 Å². The monoisotopic (exact) mass is 236 g/mol. The Hall–Kier alpha value is -1.36. The quantitative estimate of drug-likeness (QED) is 0.804. The molecule has 1 aliphatic rings. The predicted octanol–water partition coefficient (Wildman–Crippen LogP) is 0.542. The molecule has 1 aliphatic heterocycles. The van der Waals surface area contributed by atoms with Crippen molar-refractivity contribution < 1.29 is 4.79 Å². The summed E-state index contributed by atoms with van der Waals surface area (Å²) in [6.07, 6.45) is 3.58. The summed E-state index contributed by atoms with van der Waals surface area (Å²) in [5.74, 6) is 0.448. The van der Waals surface area contributed by atoms with Crippen LogP contribution in [-0.4, -0.2) is 28.3 Å². The van der Waals surface area contributed by atoms with Crippen LogP contribution in [0.2, 0.25) is 0 Å². The Balaban J connectivity index is 2.20. The molecule has 1 unspecified atom stereocenters. The van der Waals surface area contributed by atoms with Crippen molar-refractivity contribution >= 4 is 5.91 Å². The Morgan fingerprint density at radius 2 is 2.47 bits per heavy atom. The number of fused-ring (bicyclic) bond motifs is 1. The fourth-order valence-corrected chi connectivity index (χ4v) is 2.23. The van der Waals surface area contributed by atoms with Gasteiger partial charge < -0.3 is 11.1 Å². The van der Waals surface area contributed by atoms with E-state index in [-0.39, 0.29) is 11.9 Å².